The second-order valence-electron chi connectivity index (χ2n) is 5.40. The third-order valence-corrected chi connectivity index (χ3v) is 3.89. The molecule has 6 heteroatoms. The van der Waals surface area contributed by atoms with Crippen molar-refractivity contribution in [1.82, 2.24) is 9.97 Å². The summed E-state index contributed by atoms with van der Waals surface area (Å²) in [5.41, 5.74) is 3.63. The maximum absolute atomic E-state index is 12.4. The molecule has 1 amide bonds. The minimum Gasteiger partial charge on any atom is -0.353 e. The summed E-state index contributed by atoms with van der Waals surface area (Å²) < 4.78 is 0. The molecule has 2 aromatic heterocycles. The topological polar surface area (TPSA) is 66.9 Å². The molecular weight excluding hydrogens is 336 g/mol. The van der Waals surface area contributed by atoms with Gasteiger partial charge in [0.25, 0.3) is 5.91 Å². The fourth-order valence-corrected chi connectivity index (χ4v) is 2.38. The Morgan fingerprint density at radius 1 is 1.04 bits per heavy atom. The van der Waals surface area contributed by atoms with Gasteiger partial charge in [-0.1, -0.05) is 18.5 Å². The van der Waals surface area contributed by atoms with E-state index in [1.165, 1.54) is 0 Å². The molecule has 0 saturated heterocycles. The molecule has 25 heavy (non-hydrogen) atoms. The summed E-state index contributed by atoms with van der Waals surface area (Å²) in [4.78, 5) is 20.8. The van der Waals surface area contributed by atoms with Crippen LogP contribution in [0.5, 0.6) is 0 Å². The summed E-state index contributed by atoms with van der Waals surface area (Å²) in [6.07, 6.45) is 5.70. The molecule has 0 atom stereocenters. The highest BCUT2D eigenvalue weighted by Crippen LogP contribution is 2.25. The second kappa shape index (κ2) is 7.77. The quantitative estimate of drug-likeness (QED) is 0.699. The molecule has 0 aliphatic carbocycles. The fourth-order valence-electron chi connectivity index (χ4n) is 2.25. The Kier molecular flexibility index (Phi) is 5.26. The van der Waals surface area contributed by atoms with E-state index in [0.717, 1.165) is 17.8 Å². The van der Waals surface area contributed by atoms with Crippen molar-refractivity contribution >= 4 is 34.6 Å². The number of aromatic nitrogens is 2. The van der Waals surface area contributed by atoms with Crippen LogP contribution in [0.4, 0.5) is 17.1 Å². The van der Waals surface area contributed by atoms with Gasteiger partial charge in [0, 0.05) is 28.8 Å². The van der Waals surface area contributed by atoms with E-state index in [4.69, 9.17) is 11.6 Å². The van der Waals surface area contributed by atoms with E-state index in [0.29, 0.717) is 22.0 Å². The minimum atomic E-state index is -0.222. The number of carbonyl (C=O) groups is 1. The van der Waals surface area contributed by atoms with Crippen molar-refractivity contribution in [3.05, 3.63) is 77.3 Å². The first kappa shape index (κ1) is 16.9. The molecule has 5 nitrogen and oxygen atoms in total. The number of nitrogens with zero attached hydrogens (tertiary/aromatic N) is 2. The van der Waals surface area contributed by atoms with Gasteiger partial charge in [0.1, 0.15) is 0 Å². The van der Waals surface area contributed by atoms with Gasteiger partial charge in [-0.25, -0.2) is 0 Å². The Bertz CT molecular complexity index is 863. The zero-order valence-corrected chi connectivity index (χ0v) is 14.4. The summed E-state index contributed by atoms with van der Waals surface area (Å²) in [5.74, 6) is -0.222. The Morgan fingerprint density at radius 3 is 2.52 bits per heavy atom. The maximum atomic E-state index is 12.4. The van der Waals surface area contributed by atoms with Crippen LogP contribution < -0.4 is 10.6 Å². The van der Waals surface area contributed by atoms with Crippen molar-refractivity contribution < 1.29 is 4.79 Å². The Labute approximate surface area is 151 Å². The number of amides is 1. The van der Waals surface area contributed by atoms with Crippen LogP contribution in [0.1, 0.15) is 23.0 Å². The normalized spacial score (nSPS) is 10.3. The molecular formula is C19H17ClN4O. The summed E-state index contributed by atoms with van der Waals surface area (Å²) >= 11 is 5.90. The van der Waals surface area contributed by atoms with E-state index >= 15 is 0 Å². The molecule has 0 bridgehead atoms. The number of aryl methyl sites for hydroxylation is 1. The maximum Gasteiger partial charge on any atom is 0.257 e. The van der Waals surface area contributed by atoms with E-state index in [-0.39, 0.29) is 5.91 Å². The average molecular weight is 353 g/mol. The highest BCUT2D eigenvalue weighted by molar-refractivity contribution is 6.30. The zero-order valence-electron chi connectivity index (χ0n) is 13.7. The van der Waals surface area contributed by atoms with Crippen LogP contribution in [0.25, 0.3) is 0 Å². The van der Waals surface area contributed by atoms with Crippen LogP contribution >= 0.6 is 11.6 Å². The Balaban J connectivity index is 1.77. The fraction of sp³-hybridized carbons (Fsp3) is 0.105. The number of nitrogens with one attached hydrogen (secondary N) is 2. The molecule has 3 aromatic rings. The Morgan fingerprint density at radius 2 is 1.84 bits per heavy atom. The molecule has 126 valence electrons. The summed E-state index contributed by atoms with van der Waals surface area (Å²) in [6.45, 7) is 2.02. The molecule has 0 aliphatic heterocycles. The summed E-state index contributed by atoms with van der Waals surface area (Å²) in [7, 11) is 0. The Hall–Kier alpha value is -2.92. The van der Waals surface area contributed by atoms with Crippen molar-refractivity contribution in [1.29, 1.82) is 0 Å². The molecule has 0 fully saturated rings. The number of pyridine rings is 2. The van der Waals surface area contributed by atoms with E-state index in [1.807, 2.05) is 25.1 Å². The van der Waals surface area contributed by atoms with Crippen molar-refractivity contribution in [2.24, 2.45) is 0 Å². The highest BCUT2D eigenvalue weighted by Gasteiger charge is 2.10. The largest absolute Gasteiger partial charge is 0.353 e. The smallest absolute Gasteiger partial charge is 0.257 e. The van der Waals surface area contributed by atoms with E-state index in [1.54, 1.807) is 42.9 Å². The minimum absolute atomic E-state index is 0.222. The summed E-state index contributed by atoms with van der Waals surface area (Å²) in [6, 6.07) is 12.7. The van der Waals surface area contributed by atoms with Crippen LogP contribution in [0.2, 0.25) is 5.02 Å². The number of hydrogen-bond donors (Lipinski definition) is 2. The van der Waals surface area contributed by atoms with Crippen molar-refractivity contribution in [3.63, 3.8) is 0 Å². The zero-order chi connectivity index (χ0) is 17.6. The average Bonchev–Trinajstić information content (AvgIpc) is 2.65. The van der Waals surface area contributed by atoms with Crippen LogP contribution in [-0.4, -0.2) is 15.9 Å². The van der Waals surface area contributed by atoms with Crippen molar-refractivity contribution in [2.45, 2.75) is 13.3 Å². The number of hydrogen-bond acceptors (Lipinski definition) is 4. The number of carbonyl (C=O) groups excluding carboxylic acids is 1. The third kappa shape index (κ3) is 4.33. The molecule has 0 saturated carbocycles. The molecule has 2 N–H and O–H groups in total. The predicted octanol–water partition coefficient (Wildman–Crippen LogP) is 4.69. The molecule has 0 unspecified atom stereocenters. The monoisotopic (exact) mass is 352 g/mol. The third-order valence-electron chi connectivity index (χ3n) is 3.64. The highest BCUT2D eigenvalue weighted by atomic mass is 35.5. The van der Waals surface area contributed by atoms with E-state index < -0.39 is 0 Å². The van der Waals surface area contributed by atoms with E-state index in [2.05, 4.69) is 20.6 Å². The molecule has 0 radical (unpaired) electrons. The first-order chi connectivity index (χ1) is 12.2. The van der Waals surface area contributed by atoms with Crippen LogP contribution in [-0.2, 0) is 6.42 Å². The first-order valence-corrected chi connectivity index (χ1v) is 8.26. The van der Waals surface area contributed by atoms with Gasteiger partial charge in [-0.2, -0.15) is 0 Å². The molecule has 0 spiro atoms. The predicted molar refractivity (Wildman–Crippen MR) is 101 cm³/mol. The lowest BCUT2D eigenvalue weighted by molar-refractivity contribution is 0.102. The molecule has 3 rings (SSSR count). The number of benzene rings is 1. The molecule has 2 heterocycles. The number of rotatable bonds is 5. The molecule has 0 aliphatic rings. The van der Waals surface area contributed by atoms with Gasteiger partial charge in [-0.15, -0.1) is 0 Å². The van der Waals surface area contributed by atoms with Crippen LogP contribution in [0, 0.1) is 0 Å². The lowest BCUT2D eigenvalue weighted by Crippen LogP contribution is -2.13. The van der Waals surface area contributed by atoms with Crippen LogP contribution in [0.15, 0.2) is 61.1 Å². The van der Waals surface area contributed by atoms with Gasteiger partial charge in [-0.05, 0) is 48.9 Å². The van der Waals surface area contributed by atoms with Gasteiger partial charge in [0.2, 0.25) is 0 Å². The van der Waals surface area contributed by atoms with Gasteiger partial charge in [-0.3, -0.25) is 14.8 Å². The molecule has 1 aromatic carbocycles. The van der Waals surface area contributed by atoms with Crippen molar-refractivity contribution in [3.8, 4) is 0 Å². The van der Waals surface area contributed by atoms with Gasteiger partial charge in [0.15, 0.2) is 0 Å². The van der Waals surface area contributed by atoms with E-state index in [9.17, 15) is 4.79 Å². The lowest BCUT2D eigenvalue weighted by Gasteiger charge is -2.12. The lowest BCUT2D eigenvalue weighted by atomic mass is 10.2. The van der Waals surface area contributed by atoms with Gasteiger partial charge >= 0.3 is 0 Å². The van der Waals surface area contributed by atoms with Crippen LogP contribution in [0.3, 0.4) is 0 Å². The summed E-state index contributed by atoms with van der Waals surface area (Å²) in [5, 5.41) is 6.77. The SMILES string of the molecule is CCc1ccc(C(=O)Nc2ccncc2Nc2ccc(Cl)cc2)cn1. The first-order valence-electron chi connectivity index (χ1n) is 7.88. The number of halogens is 1. The number of anilines is 3. The van der Waals surface area contributed by atoms with Gasteiger partial charge < -0.3 is 10.6 Å². The van der Waals surface area contributed by atoms with Crippen molar-refractivity contribution in [2.75, 3.05) is 10.6 Å². The standard InChI is InChI=1S/C19H17ClN4O/c1-2-15-6-3-13(11-22-15)19(25)24-17-9-10-21-12-18(17)23-16-7-4-14(20)5-8-16/h3-12,23H,2H2,1H3,(H,21,24,25). The van der Waals surface area contributed by atoms with Gasteiger partial charge in [0.05, 0.1) is 23.1 Å². The second-order valence-corrected chi connectivity index (χ2v) is 5.84.